The van der Waals surface area contributed by atoms with Gasteiger partial charge >= 0.3 is 35.0 Å². The minimum absolute atomic E-state index is 0.452. The lowest BCUT2D eigenvalue weighted by Gasteiger charge is -2.40. The summed E-state index contributed by atoms with van der Waals surface area (Å²) in [5.41, 5.74) is -0.452. The summed E-state index contributed by atoms with van der Waals surface area (Å²) in [5, 5.41) is -4.62. The van der Waals surface area contributed by atoms with Gasteiger partial charge in [-0.25, -0.2) is 4.79 Å². The van der Waals surface area contributed by atoms with Crippen molar-refractivity contribution in [2.24, 2.45) is 0 Å². The van der Waals surface area contributed by atoms with Crippen molar-refractivity contribution in [1.29, 1.82) is 0 Å². The molecule has 5 nitrogen and oxygen atoms in total. The normalized spacial score (nSPS) is 15.0. The number of carbonyl (C=O) groups is 2. The van der Waals surface area contributed by atoms with Crippen LogP contribution in [-0.2, 0) is 19.1 Å². The van der Waals surface area contributed by atoms with E-state index in [1.54, 1.807) is 0 Å². The van der Waals surface area contributed by atoms with Gasteiger partial charge in [0.05, 0.1) is 6.61 Å². The number of halogens is 7. The highest BCUT2D eigenvalue weighted by atomic mass is 32.1. The van der Waals surface area contributed by atoms with Crippen molar-refractivity contribution in [3.8, 4) is 0 Å². The van der Waals surface area contributed by atoms with Crippen molar-refractivity contribution in [3.05, 3.63) is 12.2 Å². The Morgan fingerprint density at radius 2 is 1.44 bits per heavy atom. The van der Waals surface area contributed by atoms with Gasteiger partial charge < -0.3 is 14.4 Å². The van der Waals surface area contributed by atoms with Crippen LogP contribution in [0.3, 0.4) is 0 Å². The van der Waals surface area contributed by atoms with Crippen molar-refractivity contribution < 1.29 is 49.8 Å². The molecule has 0 aliphatic rings. The van der Waals surface area contributed by atoms with Crippen LogP contribution in [0.4, 0.5) is 30.7 Å². The van der Waals surface area contributed by atoms with E-state index in [1.807, 2.05) is 0 Å². The number of unbranched alkanes of at least 4 members (excludes halogenated alkanes) is 1. The average Bonchev–Trinajstić information content (AvgIpc) is 2.57. The summed E-state index contributed by atoms with van der Waals surface area (Å²) >= 11 is 2.51. The Kier molecular flexibility index (Phi) is 10.6. The monoisotopic (exact) mass is 499 g/mol. The lowest BCUT2D eigenvalue weighted by molar-refractivity contribution is -0.351. The van der Waals surface area contributed by atoms with E-state index >= 15 is 0 Å². The lowest BCUT2D eigenvalue weighted by atomic mass is 10.1. The Bertz CT molecular complexity index is 670. The van der Waals surface area contributed by atoms with Crippen LogP contribution in [0.5, 0.6) is 0 Å². The first kappa shape index (κ1) is 30.5. The highest BCUT2D eigenvalue weighted by molar-refractivity contribution is 7.81. The van der Waals surface area contributed by atoms with Gasteiger partial charge in [-0.3, -0.25) is 4.79 Å². The van der Waals surface area contributed by atoms with Crippen molar-refractivity contribution in [2.75, 3.05) is 6.61 Å². The molecule has 0 N–H and O–H groups in total. The Morgan fingerprint density at radius 3 is 1.78 bits per heavy atom. The predicted molar refractivity (Wildman–Crippen MR) is 105 cm³/mol. The van der Waals surface area contributed by atoms with Crippen molar-refractivity contribution >= 4 is 24.5 Å². The predicted octanol–water partition coefficient (Wildman–Crippen LogP) is 5.35. The second-order valence-electron chi connectivity index (χ2n) is 7.74. The number of nitrogens with zero attached hydrogens (tertiary/aromatic N) is 1. The van der Waals surface area contributed by atoms with Gasteiger partial charge in [0.25, 0.3) is 0 Å². The summed E-state index contributed by atoms with van der Waals surface area (Å²) in [6.45, 7) is 8.95. The molecule has 1 unspecified atom stereocenters. The van der Waals surface area contributed by atoms with Gasteiger partial charge in [0.1, 0.15) is 0 Å². The first-order chi connectivity index (χ1) is 14.2. The van der Waals surface area contributed by atoms with Crippen LogP contribution in [0.15, 0.2) is 12.2 Å². The molecule has 0 rings (SSSR count). The molecule has 0 aromatic heterocycles. The van der Waals surface area contributed by atoms with Gasteiger partial charge in [-0.15, -0.1) is 0 Å². The van der Waals surface area contributed by atoms with Crippen LogP contribution in [-0.4, -0.2) is 58.6 Å². The van der Waals surface area contributed by atoms with Crippen LogP contribution < -0.4 is 0 Å². The highest BCUT2D eigenvalue weighted by Crippen LogP contribution is 2.41. The molecule has 188 valence electrons. The number of carbonyl (C=O) groups excluding carboxylic acids is 2. The standard InChI is InChI=1S/C19H28F7NO4S/c1-11(2)14(28)31-17(18(22,23)24,15(29)27(12(3)4)13(5)6)30-10-8-7-9-16(20,21)19(25,26)32/h12-13,32H,1,7-10H2,2-6H3. The van der Waals surface area contributed by atoms with Crippen LogP contribution in [0.1, 0.15) is 53.9 Å². The molecule has 1 amide bonds. The zero-order chi connectivity index (χ0) is 25.7. The van der Waals surface area contributed by atoms with Gasteiger partial charge in [0.2, 0.25) is 0 Å². The number of amides is 1. The number of rotatable bonds is 12. The van der Waals surface area contributed by atoms with Gasteiger partial charge in [0.15, 0.2) is 0 Å². The Hall–Kier alpha value is -1.50. The second kappa shape index (κ2) is 11.1. The van der Waals surface area contributed by atoms with E-state index in [2.05, 4.69) is 23.9 Å². The molecule has 0 aliphatic heterocycles. The first-order valence-electron chi connectivity index (χ1n) is 9.61. The molecule has 0 aromatic rings. The number of hydrogen-bond acceptors (Lipinski definition) is 5. The third kappa shape index (κ3) is 7.53. The Balaban J connectivity index is 5.88. The fraction of sp³-hybridized carbons (Fsp3) is 0.789. The summed E-state index contributed by atoms with van der Waals surface area (Å²) in [6.07, 6.45) is -8.20. The number of esters is 1. The molecule has 0 radical (unpaired) electrons. The van der Waals surface area contributed by atoms with E-state index in [-0.39, 0.29) is 0 Å². The van der Waals surface area contributed by atoms with E-state index < -0.39 is 78.5 Å². The number of alkyl halides is 7. The van der Waals surface area contributed by atoms with E-state index in [1.165, 1.54) is 27.7 Å². The molecule has 0 saturated carbocycles. The maximum absolute atomic E-state index is 14.1. The number of ether oxygens (including phenoxy) is 2. The zero-order valence-electron chi connectivity index (χ0n) is 18.4. The lowest BCUT2D eigenvalue weighted by Crippen LogP contribution is -2.64. The van der Waals surface area contributed by atoms with Crippen LogP contribution in [0.25, 0.3) is 0 Å². The fourth-order valence-corrected chi connectivity index (χ4v) is 2.78. The molecule has 13 heteroatoms. The first-order valence-corrected chi connectivity index (χ1v) is 10.1. The van der Waals surface area contributed by atoms with Gasteiger partial charge in [-0.1, -0.05) is 19.2 Å². The molecule has 0 aromatic carbocycles. The molecule has 0 aliphatic carbocycles. The summed E-state index contributed by atoms with van der Waals surface area (Å²) in [6, 6.07) is -1.51. The Morgan fingerprint density at radius 1 is 0.969 bits per heavy atom. The molecule has 1 atom stereocenters. The largest absolute Gasteiger partial charge is 0.466 e. The van der Waals surface area contributed by atoms with Crippen LogP contribution in [0.2, 0.25) is 0 Å². The zero-order valence-corrected chi connectivity index (χ0v) is 19.3. The molecular formula is C19H28F7NO4S. The topological polar surface area (TPSA) is 55.8 Å². The van der Waals surface area contributed by atoms with Gasteiger partial charge in [-0.2, -0.15) is 30.7 Å². The molecular weight excluding hydrogens is 471 g/mol. The summed E-state index contributed by atoms with van der Waals surface area (Å²) in [5.74, 6) is -11.9. The van der Waals surface area contributed by atoms with E-state index in [0.717, 1.165) is 11.8 Å². The van der Waals surface area contributed by atoms with E-state index in [9.17, 15) is 40.3 Å². The number of thiol groups is 1. The summed E-state index contributed by atoms with van der Waals surface area (Å²) in [7, 11) is 0. The Labute approximate surface area is 187 Å². The molecule has 0 saturated heterocycles. The average molecular weight is 499 g/mol. The summed E-state index contributed by atoms with van der Waals surface area (Å²) in [4.78, 5) is 25.7. The van der Waals surface area contributed by atoms with Gasteiger partial charge in [0, 0.05) is 24.1 Å². The minimum atomic E-state index is -5.56. The van der Waals surface area contributed by atoms with Gasteiger partial charge in [-0.05, 0) is 47.5 Å². The van der Waals surface area contributed by atoms with Crippen LogP contribution in [0, 0.1) is 0 Å². The molecule has 32 heavy (non-hydrogen) atoms. The van der Waals surface area contributed by atoms with E-state index in [0.29, 0.717) is 0 Å². The quantitative estimate of drug-likeness (QED) is 0.0982. The highest BCUT2D eigenvalue weighted by Gasteiger charge is 2.67. The van der Waals surface area contributed by atoms with E-state index in [4.69, 9.17) is 4.74 Å². The fourth-order valence-electron chi connectivity index (χ4n) is 2.66. The maximum atomic E-state index is 14.1. The third-order valence-electron chi connectivity index (χ3n) is 4.22. The maximum Gasteiger partial charge on any atom is 0.466 e. The second-order valence-corrected chi connectivity index (χ2v) is 8.30. The van der Waals surface area contributed by atoms with Crippen molar-refractivity contribution in [2.45, 2.75) is 89.1 Å². The third-order valence-corrected chi connectivity index (χ3v) is 4.54. The molecule has 0 fully saturated rings. The molecule has 0 bridgehead atoms. The smallest absolute Gasteiger partial charge is 0.412 e. The number of hydrogen-bond donors (Lipinski definition) is 1. The summed E-state index contributed by atoms with van der Waals surface area (Å²) < 4.78 is 103. The minimum Gasteiger partial charge on any atom is -0.412 e. The molecule has 0 heterocycles. The van der Waals surface area contributed by atoms with Crippen molar-refractivity contribution in [1.82, 2.24) is 4.90 Å². The van der Waals surface area contributed by atoms with Crippen LogP contribution >= 0.6 is 12.6 Å². The van der Waals surface area contributed by atoms with Crippen molar-refractivity contribution in [3.63, 3.8) is 0 Å². The SMILES string of the molecule is C=C(C)C(=O)OC(OCCCCC(F)(F)C(F)(F)S)(C(=O)N(C(C)C)C(C)C)C(F)(F)F. The molecule has 0 spiro atoms.